The molecule has 0 fully saturated rings. The fraction of sp³-hybridized carbons (Fsp3) is 0.500. The van der Waals surface area contributed by atoms with Crippen LogP contribution in [0.25, 0.3) is 0 Å². The molecule has 0 bridgehead atoms. The first-order valence-electron chi connectivity index (χ1n) is 2.09. The van der Waals surface area contributed by atoms with E-state index >= 15 is 0 Å². The van der Waals surface area contributed by atoms with Crippen LogP contribution in [-0.2, 0) is 9.59 Å². The number of carbonyl (C=O) groups is 1. The van der Waals surface area contributed by atoms with Crippen molar-refractivity contribution < 1.29 is 14.7 Å². The van der Waals surface area contributed by atoms with Crippen LogP contribution in [-0.4, -0.2) is 30.7 Å². The van der Waals surface area contributed by atoms with E-state index in [1.165, 1.54) is 0 Å². The number of carboxylic acids is 1. The van der Waals surface area contributed by atoms with Gasteiger partial charge in [0.05, 0.1) is 6.54 Å². The van der Waals surface area contributed by atoms with Crippen molar-refractivity contribution in [3.05, 3.63) is 0 Å². The van der Waals surface area contributed by atoms with Gasteiger partial charge in [-0.2, -0.15) is 0 Å². The van der Waals surface area contributed by atoms with Crippen LogP contribution in [0.15, 0.2) is 0 Å². The van der Waals surface area contributed by atoms with E-state index in [2.05, 4.69) is 5.32 Å². The van der Waals surface area contributed by atoms with Gasteiger partial charge in [-0.15, -0.1) is 0 Å². The lowest BCUT2D eigenvalue weighted by Crippen LogP contribution is -2.16. The quantitative estimate of drug-likeness (QED) is 0.338. The highest BCUT2D eigenvalue weighted by Crippen LogP contribution is 1.50. The van der Waals surface area contributed by atoms with Gasteiger partial charge in [0, 0.05) is 0 Å². The fourth-order valence-electron chi connectivity index (χ4n) is 0.151. The van der Waals surface area contributed by atoms with Crippen molar-refractivity contribution in [2.24, 2.45) is 0 Å². The highest BCUT2D eigenvalue weighted by Gasteiger charge is 1.86. The average molecular weight is 132 g/mol. The average Bonchev–Trinajstić information content (AvgIpc) is 1.67. The predicted molar refractivity (Wildman–Crippen MR) is 30.0 cm³/mol. The Bertz CT molecular complexity index is 106. The monoisotopic (exact) mass is 132 g/mol. The van der Waals surface area contributed by atoms with Gasteiger partial charge in [-0.1, -0.05) is 0 Å². The summed E-state index contributed by atoms with van der Waals surface area (Å²) in [5, 5.41) is 15.7. The zero-order chi connectivity index (χ0) is 7.70. The van der Waals surface area contributed by atoms with Crippen LogP contribution in [0.4, 0.5) is 0 Å². The lowest BCUT2D eigenvalue weighted by molar-refractivity contribution is -0.135. The Morgan fingerprint density at radius 1 is 1.89 bits per heavy atom. The third kappa shape index (κ3) is 48.1. The first kappa shape index (κ1) is 10.7. The van der Waals surface area contributed by atoms with Gasteiger partial charge >= 0.3 is 5.97 Å². The van der Waals surface area contributed by atoms with E-state index < -0.39 is 5.97 Å². The largest absolute Gasteiger partial charge is 0.480 e. The molecule has 0 radical (unpaired) electrons. The second-order valence-electron chi connectivity index (χ2n) is 1.03. The summed E-state index contributed by atoms with van der Waals surface area (Å²) in [5.41, 5.74) is 0. The van der Waals surface area contributed by atoms with E-state index in [0.29, 0.717) is 0 Å². The molecular weight excluding hydrogens is 124 g/mol. The summed E-state index contributed by atoms with van der Waals surface area (Å²) in [6.45, 7) is 0.0417. The molecule has 0 atom stereocenters. The lowest BCUT2D eigenvalue weighted by atomic mass is 10.7. The Balaban J connectivity index is 0. The summed E-state index contributed by atoms with van der Waals surface area (Å²) in [7, 11) is 1.59. The topological polar surface area (TPSA) is 90.2 Å². The highest BCUT2D eigenvalue weighted by molar-refractivity contribution is 5.68. The summed E-state index contributed by atoms with van der Waals surface area (Å²) in [5.74, 6) is -0.822. The van der Waals surface area contributed by atoms with Crippen LogP contribution in [0.1, 0.15) is 0 Å². The Hall–Kier alpha value is -1.19. The number of hydrogen-bond acceptors (Lipinski definition) is 4. The van der Waals surface area contributed by atoms with Crippen LogP contribution in [0.2, 0.25) is 0 Å². The van der Waals surface area contributed by atoms with Crippen LogP contribution >= 0.6 is 0 Å². The molecule has 3 N–H and O–H groups in total. The number of isocyanates is 1. The van der Waals surface area contributed by atoms with Gasteiger partial charge < -0.3 is 10.4 Å². The van der Waals surface area contributed by atoms with Crippen LogP contribution in [0.3, 0.4) is 0 Å². The van der Waals surface area contributed by atoms with Crippen molar-refractivity contribution in [3.8, 4) is 0 Å². The normalized spacial score (nSPS) is 6.33. The first-order valence-corrected chi connectivity index (χ1v) is 2.09. The standard InChI is InChI=1S/C3H7NO2.CHNO/c1-4-2-3(5)6;2-1-3/h4H,2H2,1H3,(H,5,6);2H. The van der Waals surface area contributed by atoms with Crippen LogP contribution < -0.4 is 5.32 Å². The molecule has 52 valence electrons. The molecule has 0 aliphatic heterocycles. The van der Waals surface area contributed by atoms with Crippen molar-refractivity contribution in [1.82, 2.24) is 5.32 Å². The Labute approximate surface area is 52.2 Å². The van der Waals surface area contributed by atoms with Crippen molar-refractivity contribution in [2.75, 3.05) is 13.6 Å². The van der Waals surface area contributed by atoms with Crippen LogP contribution in [0, 0.1) is 5.41 Å². The molecular formula is C4H8N2O3. The number of nitrogens with one attached hydrogen (secondary N) is 2. The molecule has 5 heteroatoms. The van der Waals surface area contributed by atoms with Crippen molar-refractivity contribution in [3.63, 3.8) is 0 Å². The summed E-state index contributed by atoms with van der Waals surface area (Å²) in [6, 6.07) is 0. The number of aliphatic carboxylic acids is 1. The van der Waals surface area contributed by atoms with Gasteiger partial charge in [-0.05, 0) is 7.05 Å². The number of carbonyl (C=O) groups excluding carboxylic acids is 1. The van der Waals surface area contributed by atoms with E-state index in [1.807, 2.05) is 0 Å². The Morgan fingerprint density at radius 2 is 2.22 bits per heavy atom. The molecule has 0 amide bonds. The molecule has 0 heterocycles. The number of likely N-dealkylation sites (N-methyl/N-ethyl adjacent to an activating group) is 1. The molecule has 0 saturated heterocycles. The van der Waals surface area contributed by atoms with Crippen molar-refractivity contribution >= 4 is 12.0 Å². The zero-order valence-electron chi connectivity index (χ0n) is 4.97. The molecule has 0 aromatic rings. The molecule has 9 heavy (non-hydrogen) atoms. The van der Waals surface area contributed by atoms with Gasteiger partial charge in [0.25, 0.3) is 0 Å². The van der Waals surface area contributed by atoms with E-state index in [9.17, 15) is 4.79 Å². The second-order valence-corrected chi connectivity index (χ2v) is 1.03. The smallest absolute Gasteiger partial charge is 0.317 e. The summed E-state index contributed by atoms with van der Waals surface area (Å²) in [4.78, 5) is 17.9. The number of carboxylic acid groups (broad SMARTS) is 1. The third-order valence-corrected chi connectivity index (χ3v) is 0.328. The Morgan fingerprint density at radius 3 is 2.22 bits per heavy atom. The molecule has 0 aliphatic rings. The zero-order valence-corrected chi connectivity index (χ0v) is 4.97. The highest BCUT2D eigenvalue weighted by atomic mass is 16.4. The minimum atomic E-state index is -0.822. The molecule has 0 aliphatic carbocycles. The molecule has 0 unspecified atom stereocenters. The SMILES string of the molecule is CNCC(=O)O.N=C=O. The maximum absolute atomic E-state index is 9.54. The van der Waals surface area contributed by atoms with Gasteiger partial charge in [0.1, 0.15) is 0 Å². The van der Waals surface area contributed by atoms with Crippen molar-refractivity contribution in [1.29, 1.82) is 5.41 Å². The minimum absolute atomic E-state index is 0.0417. The van der Waals surface area contributed by atoms with Gasteiger partial charge in [-0.25, -0.2) is 10.2 Å². The first-order chi connectivity index (χ1) is 4.18. The van der Waals surface area contributed by atoms with E-state index in [4.69, 9.17) is 15.3 Å². The summed E-state index contributed by atoms with van der Waals surface area (Å²) in [6.07, 6.45) is 0.750. The summed E-state index contributed by atoms with van der Waals surface area (Å²) < 4.78 is 0. The van der Waals surface area contributed by atoms with E-state index in [0.717, 1.165) is 6.08 Å². The predicted octanol–water partition coefficient (Wildman–Crippen LogP) is -0.809. The van der Waals surface area contributed by atoms with Crippen molar-refractivity contribution in [2.45, 2.75) is 0 Å². The fourth-order valence-corrected chi connectivity index (χ4v) is 0.151. The lowest BCUT2D eigenvalue weighted by Gasteiger charge is -1.84. The molecule has 0 saturated carbocycles. The number of rotatable bonds is 2. The summed E-state index contributed by atoms with van der Waals surface area (Å²) >= 11 is 0. The molecule has 0 aromatic carbocycles. The maximum atomic E-state index is 9.54. The third-order valence-electron chi connectivity index (χ3n) is 0.328. The Kier molecular flexibility index (Phi) is 11.8. The second kappa shape index (κ2) is 9.94. The molecule has 5 nitrogen and oxygen atoms in total. The van der Waals surface area contributed by atoms with Gasteiger partial charge in [0.2, 0.25) is 6.08 Å². The van der Waals surface area contributed by atoms with E-state index in [1.54, 1.807) is 7.05 Å². The van der Waals surface area contributed by atoms with Gasteiger partial charge in [0.15, 0.2) is 0 Å². The maximum Gasteiger partial charge on any atom is 0.317 e. The molecule has 0 spiro atoms. The molecule has 0 rings (SSSR count). The minimum Gasteiger partial charge on any atom is -0.480 e. The van der Waals surface area contributed by atoms with Crippen LogP contribution in [0.5, 0.6) is 0 Å². The molecule has 0 aromatic heterocycles. The van der Waals surface area contributed by atoms with Gasteiger partial charge in [-0.3, -0.25) is 4.79 Å². The van der Waals surface area contributed by atoms with E-state index in [-0.39, 0.29) is 6.54 Å². The number of hydrogen-bond donors (Lipinski definition) is 3.